The molecule has 0 bridgehead atoms. The van der Waals surface area contributed by atoms with Gasteiger partial charge in [-0.3, -0.25) is 0 Å². The monoisotopic (exact) mass is 321 g/mol. The molecule has 0 aliphatic carbocycles. The number of hydrogen-bond acceptors (Lipinski definition) is 6. The molecule has 0 radical (unpaired) electrons. The Morgan fingerprint density at radius 1 is 1.29 bits per heavy atom. The third kappa shape index (κ3) is 2.40. The van der Waals surface area contributed by atoms with Gasteiger partial charge in [-0.1, -0.05) is 11.3 Å². The van der Waals surface area contributed by atoms with Crippen molar-refractivity contribution in [1.82, 2.24) is 19.8 Å². The standard InChI is InChI=1S/C11H14F3N5OS/c1-10(15,11(12,13)14)8-18-19-7(16-17-9(19)21-8)6-2-4-20-5-3-6/h6H,2-5,15H2,1H3. The lowest BCUT2D eigenvalue weighted by molar-refractivity contribution is -0.184. The van der Waals surface area contributed by atoms with Gasteiger partial charge in [0.15, 0.2) is 11.4 Å². The Morgan fingerprint density at radius 3 is 2.57 bits per heavy atom. The highest BCUT2D eigenvalue weighted by Gasteiger charge is 2.52. The minimum absolute atomic E-state index is 0.0959. The van der Waals surface area contributed by atoms with E-state index in [1.54, 1.807) is 0 Å². The van der Waals surface area contributed by atoms with Crippen LogP contribution < -0.4 is 5.73 Å². The quantitative estimate of drug-likeness (QED) is 0.913. The van der Waals surface area contributed by atoms with Crippen molar-refractivity contribution in [3.8, 4) is 0 Å². The van der Waals surface area contributed by atoms with Crippen molar-refractivity contribution in [3.63, 3.8) is 0 Å². The summed E-state index contributed by atoms with van der Waals surface area (Å²) in [5.74, 6) is 0.674. The normalized spacial score (nSPS) is 20.8. The second-order valence-electron chi connectivity index (χ2n) is 5.25. The Balaban J connectivity index is 2.00. The highest BCUT2D eigenvalue weighted by atomic mass is 32.1. The summed E-state index contributed by atoms with van der Waals surface area (Å²) in [5.41, 5.74) is 2.91. The van der Waals surface area contributed by atoms with E-state index >= 15 is 0 Å². The van der Waals surface area contributed by atoms with Gasteiger partial charge in [-0.2, -0.15) is 22.8 Å². The molecule has 0 aromatic carbocycles. The highest BCUT2D eigenvalue weighted by molar-refractivity contribution is 7.16. The third-order valence-electron chi connectivity index (χ3n) is 3.63. The first-order valence-corrected chi connectivity index (χ1v) is 7.28. The Kier molecular flexibility index (Phi) is 3.41. The molecule has 2 aromatic rings. The van der Waals surface area contributed by atoms with Crippen LogP contribution in [0, 0.1) is 0 Å². The van der Waals surface area contributed by atoms with Crippen LogP contribution in [0.1, 0.15) is 36.5 Å². The molecule has 2 aromatic heterocycles. The second kappa shape index (κ2) is 4.89. The van der Waals surface area contributed by atoms with E-state index in [1.807, 2.05) is 0 Å². The molecule has 21 heavy (non-hydrogen) atoms. The van der Waals surface area contributed by atoms with Crippen LogP contribution in [-0.4, -0.2) is 39.2 Å². The molecule has 3 heterocycles. The van der Waals surface area contributed by atoms with Crippen LogP contribution in [0.25, 0.3) is 4.96 Å². The lowest BCUT2D eigenvalue weighted by atomic mass is 10.00. The van der Waals surface area contributed by atoms with E-state index in [0.717, 1.165) is 31.1 Å². The van der Waals surface area contributed by atoms with Gasteiger partial charge in [-0.15, -0.1) is 10.2 Å². The van der Waals surface area contributed by atoms with Gasteiger partial charge in [0.2, 0.25) is 4.96 Å². The minimum atomic E-state index is -4.57. The topological polar surface area (TPSA) is 78.3 Å². The summed E-state index contributed by atoms with van der Waals surface area (Å²) in [6.07, 6.45) is -3.06. The molecule has 10 heteroatoms. The summed E-state index contributed by atoms with van der Waals surface area (Å²) in [5, 5.41) is 11.8. The lowest BCUT2D eigenvalue weighted by Gasteiger charge is -2.24. The Labute approximate surface area is 122 Å². The first kappa shape index (κ1) is 14.7. The highest BCUT2D eigenvalue weighted by Crippen LogP contribution is 2.38. The van der Waals surface area contributed by atoms with E-state index < -0.39 is 11.7 Å². The number of nitrogens with zero attached hydrogens (tertiary/aromatic N) is 4. The van der Waals surface area contributed by atoms with Crippen LogP contribution in [0.3, 0.4) is 0 Å². The lowest BCUT2D eigenvalue weighted by Crippen LogP contribution is -2.47. The molecule has 1 aliphatic heterocycles. The zero-order valence-corrected chi connectivity index (χ0v) is 12.0. The number of alkyl halides is 3. The molecule has 2 N–H and O–H groups in total. The summed E-state index contributed by atoms with van der Waals surface area (Å²) in [4.78, 5) is 0.326. The number of rotatable bonds is 2. The van der Waals surface area contributed by atoms with Crippen molar-refractivity contribution < 1.29 is 17.9 Å². The number of ether oxygens (including phenoxy) is 1. The van der Waals surface area contributed by atoms with Crippen LogP contribution in [0.5, 0.6) is 0 Å². The summed E-state index contributed by atoms with van der Waals surface area (Å²) in [6.45, 7) is 2.12. The first-order valence-electron chi connectivity index (χ1n) is 6.46. The van der Waals surface area contributed by atoms with Crippen LogP contribution in [0.4, 0.5) is 13.2 Å². The molecule has 1 saturated heterocycles. The maximum absolute atomic E-state index is 13.0. The number of fused-ring (bicyclic) bond motifs is 1. The average Bonchev–Trinajstić information content (AvgIpc) is 2.98. The van der Waals surface area contributed by atoms with Gasteiger partial charge < -0.3 is 10.5 Å². The number of aromatic nitrogens is 4. The third-order valence-corrected chi connectivity index (χ3v) is 4.77. The molecule has 6 nitrogen and oxygen atoms in total. The van der Waals surface area contributed by atoms with Crippen molar-refractivity contribution >= 4 is 16.3 Å². The van der Waals surface area contributed by atoms with Crippen molar-refractivity contribution in [3.05, 3.63) is 10.8 Å². The van der Waals surface area contributed by atoms with E-state index in [-0.39, 0.29) is 10.9 Å². The van der Waals surface area contributed by atoms with Gasteiger partial charge in [-0.25, -0.2) is 0 Å². The van der Waals surface area contributed by atoms with Gasteiger partial charge in [0.25, 0.3) is 0 Å². The van der Waals surface area contributed by atoms with Crippen LogP contribution in [0.2, 0.25) is 0 Å². The molecule has 0 amide bonds. The Hall–Kier alpha value is -1.26. The summed E-state index contributed by atoms with van der Waals surface area (Å²) in [6, 6.07) is 0. The van der Waals surface area contributed by atoms with Gasteiger partial charge in [0.05, 0.1) is 0 Å². The Morgan fingerprint density at radius 2 is 1.95 bits per heavy atom. The van der Waals surface area contributed by atoms with E-state index in [1.165, 1.54) is 4.52 Å². The minimum Gasteiger partial charge on any atom is -0.381 e. The smallest absolute Gasteiger partial charge is 0.381 e. The maximum Gasteiger partial charge on any atom is 0.412 e. The SMILES string of the molecule is CC(N)(c1nn2c(C3CCOCC3)nnc2s1)C(F)(F)F. The van der Waals surface area contributed by atoms with Crippen molar-refractivity contribution in [2.75, 3.05) is 13.2 Å². The largest absolute Gasteiger partial charge is 0.412 e. The molecule has 1 unspecified atom stereocenters. The first-order chi connectivity index (χ1) is 9.80. The molecular formula is C11H14F3N5OS. The van der Waals surface area contributed by atoms with Gasteiger partial charge >= 0.3 is 6.18 Å². The molecule has 116 valence electrons. The van der Waals surface area contributed by atoms with Gasteiger partial charge in [0, 0.05) is 19.1 Å². The van der Waals surface area contributed by atoms with E-state index in [0.29, 0.717) is 24.0 Å². The fraction of sp³-hybridized carbons (Fsp3) is 0.727. The average molecular weight is 321 g/mol. The van der Waals surface area contributed by atoms with E-state index in [2.05, 4.69) is 15.3 Å². The van der Waals surface area contributed by atoms with Crippen molar-refractivity contribution in [2.45, 2.75) is 37.4 Å². The predicted molar refractivity (Wildman–Crippen MR) is 69.0 cm³/mol. The molecule has 1 atom stereocenters. The molecule has 1 fully saturated rings. The number of halogens is 3. The maximum atomic E-state index is 13.0. The Bertz CT molecular complexity index is 644. The van der Waals surface area contributed by atoms with Gasteiger partial charge in [-0.05, 0) is 19.8 Å². The number of hydrogen-bond donors (Lipinski definition) is 1. The molecule has 0 spiro atoms. The fourth-order valence-corrected chi connectivity index (χ4v) is 3.10. The van der Waals surface area contributed by atoms with Crippen molar-refractivity contribution in [1.29, 1.82) is 0 Å². The van der Waals surface area contributed by atoms with Crippen LogP contribution in [0.15, 0.2) is 0 Å². The van der Waals surface area contributed by atoms with Gasteiger partial charge in [0.1, 0.15) is 5.01 Å². The predicted octanol–water partition coefficient (Wildman–Crippen LogP) is 1.82. The molecule has 1 aliphatic rings. The van der Waals surface area contributed by atoms with E-state index in [9.17, 15) is 13.2 Å². The van der Waals surface area contributed by atoms with Crippen LogP contribution in [-0.2, 0) is 10.3 Å². The zero-order valence-electron chi connectivity index (χ0n) is 11.2. The number of nitrogens with two attached hydrogens (primary N) is 1. The van der Waals surface area contributed by atoms with E-state index in [4.69, 9.17) is 10.5 Å². The summed E-state index contributed by atoms with van der Waals surface area (Å²) >= 11 is 0.818. The molecule has 3 rings (SSSR count). The zero-order chi connectivity index (χ0) is 15.3. The molecule has 0 saturated carbocycles. The summed E-state index contributed by atoms with van der Waals surface area (Å²) in [7, 11) is 0. The molecular weight excluding hydrogens is 307 g/mol. The fourth-order valence-electron chi connectivity index (χ4n) is 2.17. The summed E-state index contributed by atoms with van der Waals surface area (Å²) < 4.78 is 45.6. The van der Waals surface area contributed by atoms with Crippen molar-refractivity contribution in [2.24, 2.45) is 5.73 Å². The second-order valence-corrected chi connectivity index (χ2v) is 6.20. The van der Waals surface area contributed by atoms with Crippen LogP contribution >= 0.6 is 11.3 Å².